The SMILES string of the molecule is NC(=O)C(F)C1CCN(Cc2csc(-c3ccsc3)n2)CC1. The van der Waals surface area contributed by atoms with Crippen LogP contribution in [0.3, 0.4) is 0 Å². The average molecular weight is 339 g/mol. The first-order valence-corrected chi connectivity index (χ1v) is 9.08. The predicted molar refractivity (Wildman–Crippen MR) is 87.5 cm³/mol. The minimum Gasteiger partial charge on any atom is -0.367 e. The molecule has 3 heterocycles. The summed E-state index contributed by atoms with van der Waals surface area (Å²) in [6, 6.07) is 2.07. The third kappa shape index (κ3) is 3.53. The zero-order valence-electron chi connectivity index (χ0n) is 12.1. The Balaban J connectivity index is 1.54. The lowest BCUT2D eigenvalue weighted by Crippen LogP contribution is -2.40. The van der Waals surface area contributed by atoms with E-state index < -0.39 is 12.1 Å². The van der Waals surface area contributed by atoms with Crippen molar-refractivity contribution in [3.05, 3.63) is 27.9 Å². The normalized spacial score (nSPS) is 18.4. The Morgan fingerprint density at radius 2 is 2.23 bits per heavy atom. The second-order valence-corrected chi connectivity index (χ2v) is 7.21. The molecule has 0 radical (unpaired) electrons. The maximum atomic E-state index is 13.6. The van der Waals surface area contributed by atoms with Crippen molar-refractivity contribution in [2.24, 2.45) is 11.7 Å². The zero-order valence-corrected chi connectivity index (χ0v) is 13.7. The highest BCUT2D eigenvalue weighted by Gasteiger charge is 2.30. The van der Waals surface area contributed by atoms with Gasteiger partial charge in [0.1, 0.15) is 5.01 Å². The van der Waals surface area contributed by atoms with Gasteiger partial charge in [0.25, 0.3) is 5.91 Å². The van der Waals surface area contributed by atoms with E-state index in [-0.39, 0.29) is 5.92 Å². The molecule has 7 heteroatoms. The molecule has 1 aliphatic rings. The molecule has 118 valence electrons. The molecular weight excluding hydrogens is 321 g/mol. The molecule has 2 aromatic heterocycles. The van der Waals surface area contributed by atoms with E-state index in [1.54, 1.807) is 22.7 Å². The number of hydrogen-bond donors (Lipinski definition) is 1. The Hall–Kier alpha value is -1.31. The molecule has 0 aliphatic carbocycles. The average Bonchev–Trinajstić information content (AvgIpc) is 3.18. The second kappa shape index (κ2) is 6.85. The summed E-state index contributed by atoms with van der Waals surface area (Å²) in [5, 5.41) is 7.27. The predicted octanol–water partition coefficient (Wildman–Crippen LogP) is 2.91. The Labute approximate surface area is 136 Å². The smallest absolute Gasteiger partial charge is 0.252 e. The quantitative estimate of drug-likeness (QED) is 0.911. The molecule has 0 spiro atoms. The molecule has 3 rings (SSSR count). The maximum absolute atomic E-state index is 13.6. The number of halogens is 1. The van der Waals surface area contributed by atoms with Crippen LogP contribution in [-0.4, -0.2) is 35.1 Å². The minimum atomic E-state index is -1.51. The van der Waals surface area contributed by atoms with E-state index in [1.165, 1.54) is 5.56 Å². The monoisotopic (exact) mass is 339 g/mol. The topological polar surface area (TPSA) is 59.2 Å². The van der Waals surface area contributed by atoms with Gasteiger partial charge in [-0.05, 0) is 37.4 Å². The molecule has 1 fully saturated rings. The van der Waals surface area contributed by atoms with Gasteiger partial charge in [-0.25, -0.2) is 9.37 Å². The van der Waals surface area contributed by atoms with E-state index >= 15 is 0 Å². The summed E-state index contributed by atoms with van der Waals surface area (Å²) in [4.78, 5) is 17.8. The first kappa shape index (κ1) is 15.6. The number of thiophene rings is 1. The number of carbonyl (C=O) groups is 1. The summed E-state index contributed by atoms with van der Waals surface area (Å²) in [6.07, 6.45) is -0.163. The van der Waals surface area contributed by atoms with Crippen molar-refractivity contribution in [3.8, 4) is 10.6 Å². The Bertz CT molecular complexity index is 621. The van der Waals surface area contributed by atoms with E-state index in [2.05, 4.69) is 26.7 Å². The van der Waals surface area contributed by atoms with E-state index in [4.69, 9.17) is 5.73 Å². The number of rotatable bonds is 5. The van der Waals surface area contributed by atoms with Crippen molar-refractivity contribution in [2.75, 3.05) is 13.1 Å². The summed E-state index contributed by atoms with van der Waals surface area (Å²) in [6.45, 7) is 2.34. The highest BCUT2D eigenvalue weighted by Crippen LogP contribution is 2.27. The van der Waals surface area contributed by atoms with E-state index in [0.717, 1.165) is 30.3 Å². The van der Waals surface area contributed by atoms with Crippen molar-refractivity contribution in [1.82, 2.24) is 9.88 Å². The van der Waals surface area contributed by atoms with Gasteiger partial charge >= 0.3 is 0 Å². The van der Waals surface area contributed by atoms with Gasteiger partial charge in [0.2, 0.25) is 0 Å². The number of amides is 1. The molecule has 4 nitrogen and oxygen atoms in total. The van der Waals surface area contributed by atoms with Crippen molar-refractivity contribution < 1.29 is 9.18 Å². The standard InChI is InChI=1S/C15H18FN3OS2/c16-13(14(17)20)10-1-4-19(5-2-10)7-12-9-22-15(18-12)11-3-6-21-8-11/h3,6,8-10,13H,1-2,4-5,7H2,(H2,17,20). The van der Waals surface area contributed by atoms with Gasteiger partial charge in [-0.2, -0.15) is 11.3 Å². The Morgan fingerprint density at radius 1 is 1.45 bits per heavy atom. The summed E-state index contributed by atoms with van der Waals surface area (Å²) < 4.78 is 13.6. The highest BCUT2D eigenvalue weighted by molar-refractivity contribution is 7.14. The minimum absolute atomic E-state index is 0.231. The summed E-state index contributed by atoms with van der Waals surface area (Å²) in [5.41, 5.74) is 7.26. The molecule has 22 heavy (non-hydrogen) atoms. The molecule has 0 bridgehead atoms. The number of primary amides is 1. The fourth-order valence-electron chi connectivity index (χ4n) is 2.76. The molecule has 0 saturated carbocycles. The number of alkyl halides is 1. The molecule has 2 N–H and O–H groups in total. The molecule has 1 aliphatic heterocycles. The summed E-state index contributed by atoms with van der Waals surface area (Å²) in [5.74, 6) is -1.07. The number of likely N-dealkylation sites (tertiary alicyclic amines) is 1. The highest BCUT2D eigenvalue weighted by atomic mass is 32.1. The molecule has 2 aromatic rings. The lowest BCUT2D eigenvalue weighted by Gasteiger charge is -2.32. The van der Waals surface area contributed by atoms with E-state index in [0.29, 0.717) is 12.8 Å². The molecule has 0 aromatic carbocycles. The Kier molecular flexibility index (Phi) is 4.85. The van der Waals surface area contributed by atoms with Crippen LogP contribution in [0.25, 0.3) is 10.6 Å². The number of piperidine rings is 1. The van der Waals surface area contributed by atoms with Crippen LogP contribution in [0, 0.1) is 5.92 Å². The summed E-state index contributed by atoms with van der Waals surface area (Å²) in [7, 11) is 0. The third-order valence-corrected chi connectivity index (χ3v) is 5.65. The number of nitrogens with two attached hydrogens (primary N) is 1. The van der Waals surface area contributed by atoms with Crippen LogP contribution >= 0.6 is 22.7 Å². The lowest BCUT2D eigenvalue weighted by atomic mass is 9.92. The lowest BCUT2D eigenvalue weighted by molar-refractivity contribution is -0.125. The largest absolute Gasteiger partial charge is 0.367 e. The van der Waals surface area contributed by atoms with Crippen LogP contribution in [0.15, 0.2) is 22.2 Å². The molecular formula is C15H18FN3OS2. The van der Waals surface area contributed by atoms with Gasteiger partial charge in [-0.3, -0.25) is 9.69 Å². The van der Waals surface area contributed by atoms with Crippen LogP contribution in [0.5, 0.6) is 0 Å². The van der Waals surface area contributed by atoms with E-state index in [9.17, 15) is 9.18 Å². The number of aromatic nitrogens is 1. The van der Waals surface area contributed by atoms with Gasteiger partial charge < -0.3 is 5.73 Å². The van der Waals surface area contributed by atoms with Gasteiger partial charge in [-0.1, -0.05) is 0 Å². The number of nitrogens with zero attached hydrogens (tertiary/aromatic N) is 2. The third-order valence-electron chi connectivity index (χ3n) is 4.02. The van der Waals surface area contributed by atoms with Crippen molar-refractivity contribution in [3.63, 3.8) is 0 Å². The first-order valence-electron chi connectivity index (χ1n) is 7.26. The van der Waals surface area contributed by atoms with Crippen molar-refractivity contribution in [1.29, 1.82) is 0 Å². The van der Waals surface area contributed by atoms with Crippen LogP contribution in [0.4, 0.5) is 4.39 Å². The fraction of sp³-hybridized carbons (Fsp3) is 0.467. The van der Waals surface area contributed by atoms with Crippen molar-refractivity contribution >= 4 is 28.6 Å². The molecule has 1 amide bonds. The number of hydrogen-bond acceptors (Lipinski definition) is 5. The van der Waals surface area contributed by atoms with Gasteiger partial charge in [0.05, 0.1) is 5.69 Å². The van der Waals surface area contributed by atoms with Gasteiger partial charge in [0.15, 0.2) is 6.17 Å². The van der Waals surface area contributed by atoms with Gasteiger partial charge in [0, 0.05) is 28.8 Å². The van der Waals surface area contributed by atoms with Crippen LogP contribution in [0.2, 0.25) is 0 Å². The van der Waals surface area contributed by atoms with Crippen LogP contribution in [-0.2, 0) is 11.3 Å². The second-order valence-electron chi connectivity index (χ2n) is 5.57. The van der Waals surface area contributed by atoms with E-state index in [1.807, 2.05) is 5.38 Å². The Morgan fingerprint density at radius 3 is 2.86 bits per heavy atom. The van der Waals surface area contributed by atoms with Crippen LogP contribution < -0.4 is 5.73 Å². The summed E-state index contributed by atoms with van der Waals surface area (Å²) >= 11 is 3.32. The zero-order chi connectivity index (χ0) is 15.5. The van der Waals surface area contributed by atoms with Crippen molar-refractivity contribution in [2.45, 2.75) is 25.6 Å². The maximum Gasteiger partial charge on any atom is 0.252 e. The number of thiazole rings is 1. The van der Waals surface area contributed by atoms with Gasteiger partial charge in [-0.15, -0.1) is 11.3 Å². The number of carbonyl (C=O) groups excluding carboxylic acids is 1. The van der Waals surface area contributed by atoms with Crippen LogP contribution in [0.1, 0.15) is 18.5 Å². The molecule has 1 unspecified atom stereocenters. The molecule has 1 saturated heterocycles. The first-order chi connectivity index (χ1) is 10.6. The fourth-order valence-corrected chi connectivity index (χ4v) is 4.29. The molecule has 1 atom stereocenters.